The van der Waals surface area contributed by atoms with Crippen LogP contribution in [0.5, 0.6) is 0 Å². The molecule has 0 bridgehead atoms. The van der Waals surface area contributed by atoms with Crippen LogP contribution in [-0.2, 0) is 23.5 Å². The number of hydrogen-bond acceptors (Lipinski definition) is 4. The number of rotatable bonds is 5. The number of aromatic nitrogens is 2. The van der Waals surface area contributed by atoms with E-state index in [1.165, 1.54) is 6.07 Å². The molecular weight excluding hydrogens is 283 g/mol. The van der Waals surface area contributed by atoms with Crippen molar-refractivity contribution in [3.05, 3.63) is 42.0 Å². The fourth-order valence-electron chi connectivity index (χ4n) is 1.78. The Balaban J connectivity index is 2.08. The van der Waals surface area contributed by atoms with Crippen molar-refractivity contribution in [1.29, 1.82) is 0 Å². The van der Waals surface area contributed by atoms with E-state index < -0.39 is 15.8 Å². The molecule has 0 atom stereocenters. The van der Waals surface area contributed by atoms with Gasteiger partial charge in [0.05, 0.1) is 5.69 Å². The predicted molar refractivity (Wildman–Crippen MR) is 72.9 cm³/mol. The number of anilines is 1. The fraction of sp³-hybridized carbons (Fsp3) is 0.250. The zero-order valence-electron chi connectivity index (χ0n) is 10.9. The molecule has 0 fully saturated rings. The summed E-state index contributed by atoms with van der Waals surface area (Å²) in [5.74, 6) is -0.647. The van der Waals surface area contributed by atoms with E-state index in [0.717, 1.165) is 17.8 Å². The van der Waals surface area contributed by atoms with Crippen molar-refractivity contribution in [3.63, 3.8) is 0 Å². The largest absolute Gasteiger partial charge is 0.398 e. The van der Waals surface area contributed by atoms with E-state index in [0.29, 0.717) is 6.42 Å². The summed E-state index contributed by atoms with van der Waals surface area (Å²) in [4.78, 5) is -0.248. The Hall–Kier alpha value is -1.93. The van der Waals surface area contributed by atoms with Gasteiger partial charge in [-0.05, 0) is 24.3 Å². The van der Waals surface area contributed by atoms with Gasteiger partial charge in [-0.2, -0.15) is 5.10 Å². The van der Waals surface area contributed by atoms with Gasteiger partial charge in [-0.15, -0.1) is 0 Å². The van der Waals surface area contributed by atoms with Crippen LogP contribution in [0.15, 0.2) is 35.4 Å². The lowest BCUT2D eigenvalue weighted by Gasteiger charge is -2.09. The van der Waals surface area contributed by atoms with Crippen LogP contribution in [-0.4, -0.2) is 24.7 Å². The molecule has 1 aromatic heterocycles. The smallest absolute Gasteiger partial charge is 0.242 e. The maximum atomic E-state index is 13.1. The molecule has 2 rings (SSSR count). The van der Waals surface area contributed by atoms with Gasteiger partial charge in [0.15, 0.2) is 0 Å². The summed E-state index contributed by atoms with van der Waals surface area (Å²) in [5, 5.41) is 3.99. The summed E-state index contributed by atoms with van der Waals surface area (Å²) in [5.41, 5.74) is 6.47. The summed E-state index contributed by atoms with van der Waals surface area (Å²) < 4.78 is 41.2. The van der Waals surface area contributed by atoms with Gasteiger partial charge >= 0.3 is 0 Å². The van der Waals surface area contributed by atoms with Gasteiger partial charge in [-0.25, -0.2) is 17.5 Å². The highest BCUT2D eigenvalue weighted by atomic mass is 32.2. The van der Waals surface area contributed by atoms with E-state index in [1.54, 1.807) is 24.0 Å². The van der Waals surface area contributed by atoms with Crippen LogP contribution >= 0.6 is 0 Å². The highest BCUT2D eigenvalue weighted by Gasteiger charge is 2.17. The molecule has 0 aliphatic carbocycles. The average Bonchev–Trinajstić information content (AvgIpc) is 2.78. The lowest BCUT2D eigenvalue weighted by molar-refractivity contribution is 0.576. The van der Waals surface area contributed by atoms with Crippen molar-refractivity contribution in [1.82, 2.24) is 14.5 Å². The molecule has 0 spiro atoms. The van der Waals surface area contributed by atoms with Gasteiger partial charge in [-0.3, -0.25) is 4.68 Å². The number of nitrogens with one attached hydrogen (secondary N) is 1. The Bertz CT molecular complexity index is 712. The second-order valence-corrected chi connectivity index (χ2v) is 6.01. The molecule has 2 aromatic rings. The van der Waals surface area contributed by atoms with Crippen molar-refractivity contribution in [2.45, 2.75) is 11.3 Å². The topological polar surface area (TPSA) is 90.0 Å². The number of nitrogens with zero attached hydrogens (tertiary/aromatic N) is 2. The first-order chi connectivity index (χ1) is 9.40. The second kappa shape index (κ2) is 5.59. The Labute approximate surface area is 116 Å². The van der Waals surface area contributed by atoms with Gasteiger partial charge in [0.2, 0.25) is 10.0 Å². The van der Waals surface area contributed by atoms with Crippen molar-refractivity contribution >= 4 is 15.7 Å². The number of hydrogen-bond donors (Lipinski definition) is 2. The van der Waals surface area contributed by atoms with E-state index in [2.05, 4.69) is 9.82 Å². The van der Waals surface area contributed by atoms with E-state index in [4.69, 9.17) is 5.73 Å². The normalized spacial score (nSPS) is 11.7. The van der Waals surface area contributed by atoms with Crippen molar-refractivity contribution in [2.75, 3.05) is 12.3 Å². The predicted octanol–water partition coefficient (Wildman–Crippen LogP) is 0.662. The second-order valence-electron chi connectivity index (χ2n) is 4.28. The molecule has 0 saturated carbocycles. The summed E-state index contributed by atoms with van der Waals surface area (Å²) in [6.45, 7) is 0.178. The third-order valence-corrected chi connectivity index (χ3v) is 4.38. The Kier molecular flexibility index (Phi) is 4.05. The van der Waals surface area contributed by atoms with Crippen LogP contribution in [0.25, 0.3) is 0 Å². The molecule has 20 heavy (non-hydrogen) atoms. The summed E-state index contributed by atoms with van der Waals surface area (Å²) in [7, 11) is -2.05. The van der Waals surface area contributed by atoms with Crippen LogP contribution in [0, 0.1) is 5.82 Å². The van der Waals surface area contributed by atoms with Crippen molar-refractivity contribution in [3.8, 4) is 0 Å². The van der Waals surface area contributed by atoms with Crippen LogP contribution in [0.2, 0.25) is 0 Å². The van der Waals surface area contributed by atoms with E-state index in [1.807, 2.05) is 0 Å². The number of halogens is 1. The van der Waals surface area contributed by atoms with E-state index >= 15 is 0 Å². The zero-order valence-corrected chi connectivity index (χ0v) is 11.7. The highest BCUT2D eigenvalue weighted by Crippen LogP contribution is 2.18. The third-order valence-electron chi connectivity index (χ3n) is 2.86. The SMILES string of the molecule is Cn1nccc1CCNS(=O)(=O)c1cc(F)ccc1N. The van der Waals surface area contributed by atoms with Gasteiger partial charge in [0.25, 0.3) is 0 Å². The molecule has 0 radical (unpaired) electrons. The molecule has 1 heterocycles. The number of sulfonamides is 1. The van der Waals surface area contributed by atoms with Gasteiger partial charge < -0.3 is 5.73 Å². The first kappa shape index (κ1) is 14.5. The minimum Gasteiger partial charge on any atom is -0.398 e. The molecule has 8 heteroatoms. The number of benzene rings is 1. The molecule has 6 nitrogen and oxygen atoms in total. The first-order valence-electron chi connectivity index (χ1n) is 5.92. The molecule has 0 saturated heterocycles. The van der Waals surface area contributed by atoms with Crippen molar-refractivity contribution < 1.29 is 12.8 Å². The Morgan fingerprint density at radius 2 is 2.15 bits per heavy atom. The lowest BCUT2D eigenvalue weighted by Crippen LogP contribution is -2.27. The minimum atomic E-state index is -3.82. The first-order valence-corrected chi connectivity index (χ1v) is 7.40. The molecule has 0 aliphatic rings. The lowest BCUT2D eigenvalue weighted by atomic mass is 10.3. The van der Waals surface area contributed by atoms with Crippen molar-refractivity contribution in [2.24, 2.45) is 7.05 Å². The average molecular weight is 298 g/mol. The van der Waals surface area contributed by atoms with E-state index in [-0.39, 0.29) is 17.1 Å². The van der Waals surface area contributed by atoms with E-state index in [9.17, 15) is 12.8 Å². The minimum absolute atomic E-state index is 0.0134. The molecule has 0 amide bonds. The zero-order chi connectivity index (χ0) is 14.8. The third kappa shape index (κ3) is 3.14. The quantitative estimate of drug-likeness (QED) is 0.794. The molecule has 108 valence electrons. The maximum absolute atomic E-state index is 13.1. The monoisotopic (exact) mass is 298 g/mol. The summed E-state index contributed by atoms with van der Waals surface area (Å²) in [6, 6.07) is 5.04. The van der Waals surface area contributed by atoms with Crippen LogP contribution < -0.4 is 10.5 Å². The summed E-state index contributed by atoms with van der Waals surface area (Å²) >= 11 is 0. The number of nitrogens with two attached hydrogens (primary N) is 1. The molecule has 3 N–H and O–H groups in total. The molecule has 1 aromatic carbocycles. The highest BCUT2D eigenvalue weighted by molar-refractivity contribution is 7.89. The standard InChI is InChI=1S/C12H15FN4O2S/c1-17-10(4-6-15-17)5-7-16-20(18,19)12-8-9(13)2-3-11(12)14/h2-4,6,8,16H,5,7,14H2,1H3. The van der Waals surface area contributed by atoms with Crippen LogP contribution in [0.1, 0.15) is 5.69 Å². The fourth-order valence-corrected chi connectivity index (χ4v) is 2.95. The number of nitrogen functional groups attached to an aromatic ring is 1. The molecular formula is C12H15FN4O2S. The Morgan fingerprint density at radius 3 is 2.80 bits per heavy atom. The van der Waals surface area contributed by atoms with Crippen LogP contribution in [0.3, 0.4) is 0 Å². The van der Waals surface area contributed by atoms with Gasteiger partial charge in [-0.1, -0.05) is 0 Å². The van der Waals surface area contributed by atoms with Gasteiger partial charge in [0, 0.05) is 31.9 Å². The maximum Gasteiger partial charge on any atom is 0.242 e. The number of aryl methyl sites for hydroxylation is 1. The molecule has 0 aliphatic heterocycles. The molecule has 0 unspecified atom stereocenters. The summed E-state index contributed by atoms with van der Waals surface area (Å²) in [6.07, 6.45) is 2.11. The van der Waals surface area contributed by atoms with Gasteiger partial charge in [0.1, 0.15) is 10.7 Å². The van der Waals surface area contributed by atoms with Crippen LogP contribution in [0.4, 0.5) is 10.1 Å². The Morgan fingerprint density at radius 1 is 1.40 bits per heavy atom.